The number of carbonyl (C=O) groups is 3. The van der Waals surface area contributed by atoms with Crippen LogP contribution in [0.3, 0.4) is 0 Å². The Morgan fingerprint density at radius 2 is 1.86 bits per heavy atom. The molecule has 28 heavy (non-hydrogen) atoms. The molecule has 0 aromatic carbocycles. The predicted molar refractivity (Wildman–Crippen MR) is 102 cm³/mol. The van der Waals surface area contributed by atoms with Crippen molar-refractivity contribution in [3.63, 3.8) is 0 Å². The van der Waals surface area contributed by atoms with Gasteiger partial charge in [0.05, 0.1) is 25.0 Å². The van der Waals surface area contributed by atoms with E-state index in [4.69, 9.17) is 9.15 Å². The van der Waals surface area contributed by atoms with E-state index in [1.54, 1.807) is 17.9 Å². The molecule has 1 aromatic heterocycles. The van der Waals surface area contributed by atoms with Crippen molar-refractivity contribution in [2.75, 3.05) is 52.4 Å². The Bertz CT molecular complexity index is 667. The number of piperidine rings is 1. The van der Waals surface area contributed by atoms with Crippen molar-refractivity contribution >= 4 is 17.8 Å². The van der Waals surface area contributed by atoms with Gasteiger partial charge in [-0.1, -0.05) is 0 Å². The number of carbonyl (C=O) groups excluding carboxylic acids is 3. The molecule has 2 fully saturated rings. The van der Waals surface area contributed by atoms with Crippen LogP contribution < -0.4 is 0 Å². The van der Waals surface area contributed by atoms with Crippen LogP contribution in [0.1, 0.15) is 36.5 Å². The maximum atomic E-state index is 12.9. The van der Waals surface area contributed by atoms with E-state index in [9.17, 15) is 14.4 Å². The minimum Gasteiger partial charge on any atom is -0.472 e. The molecule has 0 spiro atoms. The number of esters is 1. The van der Waals surface area contributed by atoms with Gasteiger partial charge in [-0.2, -0.15) is 0 Å². The van der Waals surface area contributed by atoms with E-state index in [-0.39, 0.29) is 30.2 Å². The van der Waals surface area contributed by atoms with Crippen molar-refractivity contribution in [3.8, 4) is 0 Å². The first kappa shape index (κ1) is 20.4. The van der Waals surface area contributed by atoms with Gasteiger partial charge in [-0.05, 0) is 32.3 Å². The largest absolute Gasteiger partial charge is 0.472 e. The normalized spacial score (nSPS) is 19.3. The first-order chi connectivity index (χ1) is 13.6. The Morgan fingerprint density at radius 1 is 1.07 bits per heavy atom. The molecule has 2 aliphatic rings. The van der Waals surface area contributed by atoms with Crippen LogP contribution in [0.25, 0.3) is 0 Å². The molecular formula is C20H29N3O5. The van der Waals surface area contributed by atoms with E-state index in [2.05, 4.69) is 4.90 Å². The summed E-state index contributed by atoms with van der Waals surface area (Å²) in [5, 5.41) is 0. The fourth-order valence-electron chi connectivity index (χ4n) is 3.90. The lowest BCUT2D eigenvalue weighted by Gasteiger charge is -2.34. The highest BCUT2D eigenvalue weighted by Gasteiger charge is 2.31. The minimum atomic E-state index is -0.211. The molecule has 8 nitrogen and oxygen atoms in total. The third-order valence-corrected chi connectivity index (χ3v) is 5.46. The first-order valence-corrected chi connectivity index (χ1v) is 10.1. The standard InChI is InChI=1S/C20H29N3O5/c1-2-28-18(24)14-21-7-3-8-22(12-11-21)19(25)16-4-9-23(10-5-16)20(26)17-6-13-27-15-17/h6,13,15-16H,2-5,7-12,14H2,1H3. The second kappa shape index (κ2) is 9.73. The number of hydrogen-bond donors (Lipinski definition) is 0. The number of hydrogen-bond acceptors (Lipinski definition) is 6. The molecular weight excluding hydrogens is 362 g/mol. The summed E-state index contributed by atoms with van der Waals surface area (Å²) in [4.78, 5) is 42.8. The molecule has 154 valence electrons. The molecule has 0 N–H and O–H groups in total. The molecule has 0 bridgehead atoms. The van der Waals surface area contributed by atoms with Gasteiger partial charge in [0, 0.05) is 45.2 Å². The summed E-state index contributed by atoms with van der Waals surface area (Å²) in [7, 11) is 0. The van der Waals surface area contributed by atoms with Gasteiger partial charge >= 0.3 is 5.97 Å². The first-order valence-electron chi connectivity index (χ1n) is 10.1. The molecule has 0 radical (unpaired) electrons. The summed E-state index contributed by atoms with van der Waals surface area (Å²) in [5.74, 6) is -0.112. The Labute approximate surface area is 165 Å². The van der Waals surface area contributed by atoms with Crippen molar-refractivity contribution < 1.29 is 23.5 Å². The smallest absolute Gasteiger partial charge is 0.320 e. The van der Waals surface area contributed by atoms with Gasteiger partial charge in [-0.3, -0.25) is 19.3 Å². The second-order valence-corrected chi connectivity index (χ2v) is 7.34. The van der Waals surface area contributed by atoms with Crippen molar-refractivity contribution in [2.45, 2.75) is 26.2 Å². The quantitative estimate of drug-likeness (QED) is 0.702. The molecule has 2 amide bonds. The van der Waals surface area contributed by atoms with Gasteiger partial charge < -0.3 is 19.0 Å². The molecule has 8 heteroatoms. The summed E-state index contributed by atoms with van der Waals surface area (Å²) >= 11 is 0. The Kier molecular flexibility index (Phi) is 7.08. The molecule has 3 rings (SSSR count). The monoisotopic (exact) mass is 391 g/mol. The van der Waals surface area contributed by atoms with Crippen molar-refractivity contribution in [3.05, 3.63) is 24.2 Å². The van der Waals surface area contributed by atoms with Gasteiger partial charge in [-0.25, -0.2) is 0 Å². The topological polar surface area (TPSA) is 83.3 Å². The Hall–Kier alpha value is -2.35. The molecule has 0 aliphatic carbocycles. The summed E-state index contributed by atoms with van der Waals surface area (Å²) < 4.78 is 9.99. The van der Waals surface area contributed by atoms with Gasteiger partial charge in [0.15, 0.2) is 0 Å². The van der Waals surface area contributed by atoms with E-state index in [0.29, 0.717) is 57.7 Å². The van der Waals surface area contributed by atoms with Crippen molar-refractivity contribution in [1.29, 1.82) is 0 Å². The Balaban J connectivity index is 1.46. The zero-order chi connectivity index (χ0) is 19.9. The highest BCUT2D eigenvalue weighted by molar-refractivity contribution is 5.94. The van der Waals surface area contributed by atoms with Gasteiger partial charge in [-0.15, -0.1) is 0 Å². The number of rotatable bonds is 5. The van der Waals surface area contributed by atoms with Crippen LogP contribution in [-0.4, -0.2) is 84.9 Å². The van der Waals surface area contributed by atoms with Crippen molar-refractivity contribution in [2.24, 2.45) is 5.92 Å². The van der Waals surface area contributed by atoms with Crippen LogP contribution in [0.2, 0.25) is 0 Å². The summed E-state index contributed by atoms with van der Waals surface area (Å²) in [5.41, 5.74) is 0.555. The van der Waals surface area contributed by atoms with E-state index in [1.807, 2.05) is 4.90 Å². The number of nitrogens with zero attached hydrogens (tertiary/aromatic N) is 3. The zero-order valence-electron chi connectivity index (χ0n) is 16.5. The number of amides is 2. The van der Waals surface area contributed by atoms with Crippen LogP contribution in [0.4, 0.5) is 0 Å². The number of ether oxygens (including phenoxy) is 1. The fraction of sp³-hybridized carbons (Fsp3) is 0.650. The van der Waals surface area contributed by atoms with Crippen LogP contribution in [0, 0.1) is 5.92 Å². The lowest BCUT2D eigenvalue weighted by atomic mass is 9.94. The molecule has 2 aliphatic heterocycles. The SMILES string of the molecule is CCOC(=O)CN1CCCN(C(=O)C2CCN(C(=O)c3ccoc3)CC2)CC1. The molecule has 1 aromatic rings. The number of furan rings is 1. The summed E-state index contributed by atoms with van der Waals surface area (Å²) in [6.45, 7) is 6.46. The highest BCUT2D eigenvalue weighted by Crippen LogP contribution is 2.22. The van der Waals surface area contributed by atoms with E-state index in [0.717, 1.165) is 13.0 Å². The molecule has 0 atom stereocenters. The van der Waals surface area contributed by atoms with Crippen LogP contribution >= 0.6 is 0 Å². The van der Waals surface area contributed by atoms with Gasteiger partial charge in [0.2, 0.25) is 5.91 Å². The average Bonchev–Trinajstić information content (AvgIpc) is 3.15. The third-order valence-electron chi connectivity index (χ3n) is 5.46. The lowest BCUT2D eigenvalue weighted by Crippen LogP contribution is -2.45. The maximum Gasteiger partial charge on any atom is 0.320 e. The number of likely N-dealkylation sites (tertiary alicyclic amines) is 1. The van der Waals surface area contributed by atoms with Crippen LogP contribution in [0.15, 0.2) is 23.0 Å². The van der Waals surface area contributed by atoms with E-state index >= 15 is 0 Å². The van der Waals surface area contributed by atoms with E-state index in [1.165, 1.54) is 12.5 Å². The second-order valence-electron chi connectivity index (χ2n) is 7.34. The zero-order valence-corrected chi connectivity index (χ0v) is 16.5. The van der Waals surface area contributed by atoms with Crippen molar-refractivity contribution in [1.82, 2.24) is 14.7 Å². The molecule has 0 unspecified atom stereocenters. The fourth-order valence-corrected chi connectivity index (χ4v) is 3.90. The average molecular weight is 391 g/mol. The molecule has 3 heterocycles. The summed E-state index contributed by atoms with van der Waals surface area (Å²) in [6, 6.07) is 1.67. The molecule has 0 saturated carbocycles. The highest BCUT2D eigenvalue weighted by atomic mass is 16.5. The van der Waals surface area contributed by atoms with Gasteiger partial charge in [0.25, 0.3) is 5.91 Å². The third kappa shape index (κ3) is 5.13. The van der Waals surface area contributed by atoms with Crippen LogP contribution in [-0.2, 0) is 14.3 Å². The van der Waals surface area contributed by atoms with Crippen LogP contribution in [0.5, 0.6) is 0 Å². The van der Waals surface area contributed by atoms with E-state index < -0.39 is 0 Å². The maximum absolute atomic E-state index is 12.9. The predicted octanol–water partition coefficient (Wildman–Crippen LogP) is 1.23. The Morgan fingerprint density at radius 3 is 2.54 bits per heavy atom. The summed E-state index contributed by atoms with van der Waals surface area (Å²) in [6.07, 6.45) is 5.17. The molecule has 2 saturated heterocycles. The minimum absolute atomic E-state index is 0.0370. The lowest BCUT2D eigenvalue weighted by molar-refractivity contribution is -0.144. The van der Waals surface area contributed by atoms with Gasteiger partial charge in [0.1, 0.15) is 6.26 Å².